The average Bonchev–Trinajstić information content (AvgIpc) is 3.81. The number of halogens is 1. The van der Waals surface area contributed by atoms with Crippen LogP contribution < -0.4 is 5.32 Å². The predicted molar refractivity (Wildman–Crippen MR) is 213 cm³/mol. The lowest BCUT2D eigenvalue weighted by atomic mass is 10.0. The summed E-state index contributed by atoms with van der Waals surface area (Å²) in [6.45, 7) is 2.44. The molecule has 0 aliphatic carbocycles. The smallest absolute Gasteiger partial charge is 0.419 e. The van der Waals surface area contributed by atoms with Gasteiger partial charge in [-0.15, -0.1) is 0 Å². The lowest BCUT2D eigenvalue weighted by Crippen LogP contribution is -2.39. The number of carbonyl (C=O) groups is 3. The molecule has 1 aliphatic heterocycles. The largest absolute Gasteiger partial charge is 0.465 e. The molecule has 1 aromatic carbocycles. The van der Waals surface area contributed by atoms with Crippen LogP contribution >= 0.6 is 15.9 Å². The first kappa shape index (κ1) is 42.4. The molecule has 4 rings (SSSR count). The van der Waals surface area contributed by atoms with Crippen molar-refractivity contribution in [2.45, 2.75) is 110 Å². The van der Waals surface area contributed by atoms with Crippen LogP contribution in [0.1, 0.15) is 109 Å². The monoisotopic (exact) mass is 809 g/mol. The molecule has 13 nitrogen and oxygen atoms in total. The van der Waals surface area contributed by atoms with Crippen molar-refractivity contribution < 1.29 is 28.6 Å². The summed E-state index contributed by atoms with van der Waals surface area (Å²) in [5.41, 5.74) is 2.93. The number of unbranched alkanes of at least 4 members (excludes halogenated alkanes) is 11. The lowest BCUT2D eigenvalue weighted by molar-refractivity contribution is -0.156. The van der Waals surface area contributed by atoms with Crippen LogP contribution in [0, 0.1) is 5.92 Å². The molecule has 54 heavy (non-hydrogen) atoms. The van der Waals surface area contributed by atoms with Crippen LogP contribution in [0.3, 0.4) is 0 Å². The highest BCUT2D eigenvalue weighted by Crippen LogP contribution is 2.29. The van der Waals surface area contributed by atoms with Crippen LogP contribution in [0.4, 0.5) is 10.5 Å². The van der Waals surface area contributed by atoms with Crippen LogP contribution in [-0.2, 0) is 37.3 Å². The van der Waals surface area contributed by atoms with Crippen LogP contribution in [0.5, 0.6) is 0 Å². The Balaban J connectivity index is 1.12. The minimum absolute atomic E-state index is 0.0275. The molecular weight excluding hydrogens is 754 g/mol. The third-order valence-electron chi connectivity index (χ3n) is 9.28. The van der Waals surface area contributed by atoms with Crippen molar-refractivity contribution >= 4 is 56.6 Å². The molecule has 14 heteroatoms. The Morgan fingerprint density at radius 2 is 1.63 bits per heavy atom. The molecule has 1 amide bonds. The number of nitrogens with zero attached hydrogens (tertiary/aromatic N) is 6. The van der Waals surface area contributed by atoms with E-state index in [9.17, 15) is 14.4 Å². The number of fused-ring (bicyclic) bond motifs is 1. The number of aliphatic imine (C=N–C) groups is 1. The standard InChI is InChI=1S/C40H56BrN7O6/c1-3-4-5-6-7-8-9-10-11-12-13-14-15-16-17-18-35(49)52-28-31(25-32-27-42-29-47(32)2)26-36(50)53-30-54-40(51)48-24-23-45-39(48)46-33-19-20-34-38(37(33)41)44-22-21-43-34/h10-11,19-22,27,29,31H,3-9,12-18,23-26,28,30H2,1-2H3,(H,45,46)/b11-10-/t31-/m1/s1. The number of benzene rings is 1. The van der Waals surface area contributed by atoms with E-state index < -0.39 is 18.9 Å². The number of anilines is 1. The third-order valence-corrected chi connectivity index (χ3v) is 10.1. The summed E-state index contributed by atoms with van der Waals surface area (Å²) in [7, 11) is 1.87. The van der Waals surface area contributed by atoms with E-state index >= 15 is 0 Å². The number of carbonyl (C=O) groups excluding carboxylic acids is 3. The average molecular weight is 811 g/mol. The van der Waals surface area contributed by atoms with Gasteiger partial charge in [0.05, 0.1) is 48.1 Å². The summed E-state index contributed by atoms with van der Waals surface area (Å²) in [6.07, 6.45) is 26.8. The second-order valence-electron chi connectivity index (χ2n) is 13.7. The fourth-order valence-electron chi connectivity index (χ4n) is 6.16. The number of ether oxygens (including phenoxy) is 3. The predicted octanol–water partition coefficient (Wildman–Crippen LogP) is 8.68. The molecule has 3 aromatic rings. The minimum atomic E-state index is -0.709. The number of amides is 1. The van der Waals surface area contributed by atoms with E-state index in [1.807, 2.05) is 23.7 Å². The molecule has 3 heterocycles. The molecule has 294 valence electrons. The Morgan fingerprint density at radius 3 is 2.37 bits per heavy atom. The number of aromatic nitrogens is 4. The molecule has 0 unspecified atom stereocenters. The van der Waals surface area contributed by atoms with Gasteiger partial charge in [0.15, 0.2) is 0 Å². The molecule has 0 saturated carbocycles. The van der Waals surface area contributed by atoms with Crippen LogP contribution in [0.2, 0.25) is 0 Å². The van der Waals surface area contributed by atoms with Crippen molar-refractivity contribution in [1.82, 2.24) is 24.4 Å². The third kappa shape index (κ3) is 14.8. The van der Waals surface area contributed by atoms with Gasteiger partial charge in [0.25, 0.3) is 0 Å². The van der Waals surface area contributed by atoms with Crippen molar-refractivity contribution in [3.63, 3.8) is 0 Å². The molecule has 0 bridgehead atoms. The van der Waals surface area contributed by atoms with Gasteiger partial charge in [0, 0.05) is 43.7 Å². The van der Waals surface area contributed by atoms with E-state index in [1.54, 1.807) is 24.9 Å². The Kier molecular flexibility index (Phi) is 19.0. The van der Waals surface area contributed by atoms with E-state index in [4.69, 9.17) is 14.2 Å². The van der Waals surface area contributed by atoms with Gasteiger partial charge in [-0.1, -0.05) is 70.4 Å². The number of imidazole rings is 1. The van der Waals surface area contributed by atoms with Crippen molar-refractivity contribution in [3.05, 3.63) is 59.4 Å². The van der Waals surface area contributed by atoms with Gasteiger partial charge in [-0.3, -0.25) is 24.5 Å². The SMILES string of the molecule is CCCCCCCC/C=C\CCCCCCCC(=O)OC[C@@H](CC(=O)OCOC(=O)N1CCN=C1Nc1ccc2nccnc2c1Br)Cc1cncn1C. The molecular formula is C40H56BrN7O6. The van der Waals surface area contributed by atoms with Crippen molar-refractivity contribution in [1.29, 1.82) is 0 Å². The summed E-state index contributed by atoms with van der Waals surface area (Å²) in [5, 5.41) is 3.15. The Morgan fingerprint density at radius 1 is 0.907 bits per heavy atom. The number of rotatable bonds is 24. The van der Waals surface area contributed by atoms with E-state index in [1.165, 1.54) is 56.3 Å². The van der Waals surface area contributed by atoms with Gasteiger partial charge < -0.3 is 24.1 Å². The molecule has 2 aromatic heterocycles. The van der Waals surface area contributed by atoms with Gasteiger partial charge >= 0.3 is 18.0 Å². The van der Waals surface area contributed by atoms with Gasteiger partial charge in [-0.25, -0.2) is 14.7 Å². The maximum absolute atomic E-state index is 12.9. The first-order valence-electron chi connectivity index (χ1n) is 19.4. The number of allylic oxidation sites excluding steroid dienone is 2. The van der Waals surface area contributed by atoms with Crippen molar-refractivity contribution in [2.75, 3.05) is 31.8 Å². The molecule has 0 fully saturated rings. The highest BCUT2D eigenvalue weighted by molar-refractivity contribution is 9.10. The van der Waals surface area contributed by atoms with Crippen molar-refractivity contribution in [2.24, 2.45) is 18.0 Å². The first-order valence-corrected chi connectivity index (χ1v) is 20.2. The topological polar surface area (TPSA) is 150 Å². The summed E-state index contributed by atoms with van der Waals surface area (Å²) in [4.78, 5) is 56.9. The highest BCUT2D eigenvalue weighted by Gasteiger charge is 2.27. The van der Waals surface area contributed by atoms with Gasteiger partial charge in [-0.05, 0) is 66.6 Å². The first-order chi connectivity index (χ1) is 26.4. The summed E-state index contributed by atoms with van der Waals surface area (Å²) in [5.74, 6) is -0.883. The Bertz CT molecular complexity index is 1680. The van der Waals surface area contributed by atoms with E-state index in [2.05, 4.69) is 60.3 Å². The zero-order valence-corrected chi connectivity index (χ0v) is 33.4. The number of aryl methyl sites for hydroxylation is 1. The van der Waals surface area contributed by atoms with Crippen LogP contribution in [-0.4, -0.2) is 74.9 Å². The van der Waals surface area contributed by atoms with E-state index in [0.29, 0.717) is 47.6 Å². The van der Waals surface area contributed by atoms with Crippen molar-refractivity contribution in [3.8, 4) is 0 Å². The maximum Gasteiger partial charge on any atom is 0.419 e. The van der Waals surface area contributed by atoms with E-state index in [-0.39, 0.29) is 24.9 Å². The number of guanidine groups is 1. The zero-order valence-electron chi connectivity index (χ0n) is 31.8. The highest BCUT2D eigenvalue weighted by atomic mass is 79.9. The number of nitrogens with one attached hydrogen (secondary N) is 1. The summed E-state index contributed by atoms with van der Waals surface area (Å²) >= 11 is 3.55. The van der Waals surface area contributed by atoms with Crippen LogP contribution in [0.15, 0.2) is 58.7 Å². The molecule has 0 saturated heterocycles. The fraction of sp³-hybridized carbons (Fsp3) is 0.575. The van der Waals surface area contributed by atoms with E-state index in [0.717, 1.165) is 43.3 Å². The Hall–Kier alpha value is -4.33. The minimum Gasteiger partial charge on any atom is -0.465 e. The molecule has 1 N–H and O–H groups in total. The van der Waals surface area contributed by atoms with Gasteiger partial charge in [0.2, 0.25) is 12.8 Å². The quantitative estimate of drug-likeness (QED) is 0.0403. The second-order valence-corrected chi connectivity index (χ2v) is 14.5. The molecule has 0 radical (unpaired) electrons. The number of hydrogen-bond donors (Lipinski definition) is 1. The maximum atomic E-state index is 12.9. The Labute approximate surface area is 327 Å². The lowest BCUT2D eigenvalue weighted by Gasteiger charge is -2.20. The van der Waals surface area contributed by atoms with Gasteiger partial charge in [0.1, 0.15) is 5.52 Å². The summed E-state index contributed by atoms with van der Waals surface area (Å²) in [6, 6.07) is 3.63. The second kappa shape index (κ2) is 24.2. The van der Waals surface area contributed by atoms with Gasteiger partial charge in [-0.2, -0.15) is 0 Å². The fourth-order valence-corrected chi connectivity index (χ4v) is 6.70. The number of esters is 2. The normalized spacial score (nSPS) is 13.3. The molecule has 0 spiro atoms. The van der Waals surface area contributed by atoms with Crippen LogP contribution in [0.25, 0.3) is 11.0 Å². The molecule has 1 aliphatic rings. The zero-order chi connectivity index (χ0) is 38.4. The number of hydrogen-bond acceptors (Lipinski definition) is 11. The summed E-state index contributed by atoms with van der Waals surface area (Å²) < 4.78 is 18.7. The molecule has 1 atom stereocenters.